The van der Waals surface area contributed by atoms with Crippen LogP contribution in [0.5, 0.6) is 0 Å². The normalized spacial score (nSPS) is 17.4. The molecule has 1 aromatic carbocycles. The van der Waals surface area contributed by atoms with Crippen molar-refractivity contribution in [1.29, 1.82) is 5.26 Å². The number of amides is 1. The zero-order valence-electron chi connectivity index (χ0n) is 19.5. The number of nitriles is 1. The highest BCUT2D eigenvalue weighted by molar-refractivity contribution is 8.26. The van der Waals surface area contributed by atoms with Crippen molar-refractivity contribution in [3.63, 3.8) is 0 Å². The number of aromatic nitrogens is 1. The van der Waals surface area contributed by atoms with E-state index in [2.05, 4.69) is 11.0 Å². The minimum Gasteiger partial charge on any atom is -0.378 e. The van der Waals surface area contributed by atoms with Gasteiger partial charge in [-0.1, -0.05) is 60.7 Å². The van der Waals surface area contributed by atoms with E-state index >= 15 is 0 Å². The molecule has 35 heavy (non-hydrogen) atoms. The van der Waals surface area contributed by atoms with Crippen molar-refractivity contribution in [3.8, 4) is 6.07 Å². The number of hydrogen-bond acceptors (Lipinski definition) is 7. The predicted molar refractivity (Wildman–Crippen MR) is 144 cm³/mol. The highest BCUT2D eigenvalue weighted by atomic mass is 35.5. The quantitative estimate of drug-likeness (QED) is 0.408. The Bertz CT molecular complexity index is 1310. The van der Waals surface area contributed by atoms with Crippen LogP contribution in [-0.2, 0) is 22.6 Å². The summed E-state index contributed by atoms with van der Waals surface area (Å²) in [4.78, 5) is 30.7. The zero-order valence-corrected chi connectivity index (χ0v) is 21.9. The fourth-order valence-corrected chi connectivity index (χ4v) is 5.69. The first-order chi connectivity index (χ1) is 16.9. The lowest BCUT2D eigenvalue weighted by atomic mass is 10.0. The highest BCUT2D eigenvalue weighted by Gasteiger charge is 2.34. The molecular formula is C25H25ClN4O3S2. The van der Waals surface area contributed by atoms with Crippen LogP contribution in [0.15, 0.2) is 34.0 Å². The minimum absolute atomic E-state index is 0.0910. The van der Waals surface area contributed by atoms with E-state index < -0.39 is 0 Å². The molecule has 1 amide bonds. The molecule has 0 bridgehead atoms. The number of anilines is 1. The largest absolute Gasteiger partial charge is 0.378 e. The van der Waals surface area contributed by atoms with Crippen molar-refractivity contribution in [2.75, 3.05) is 31.2 Å². The van der Waals surface area contributed by atoms with Gasteiger partial charge in [-0.25, -0.2) is 0 Å². The number of ether oxygens (including phenoxy) is 1. The number of nitrogens with zero attached hydrogens (tertiary/aromatic N) is 4. The van der Waals surface area contributed by atoms with Gasteiger partial charge >= 0.3 is 0 Å². The van der Waals surface area contributed by atoms with Crippen LogP contribution in [0.1, 0.15) is 35.6 Å². The molecule has 2 fully saturated rings. The Morgan fingerprint density at radius 1 is 1.26 bits per heavy atom. The Balaban J connectivity index is 1.82. The van der Waals surface area contributed by atoms with Gasteiger partial charge in [0.2, 0.25) is 0 Å². The Morgan fingerprint density at radius 3 is 2.63 bits per heavy atom. The van der Waals surface area contributed by atoms with Gasteiger partial charge in [-0.3, -0.25) is 19.1 Å². The summed E-state index contributed by atoms with van der Waals surface area (Å²) in [5.41, 5.74) is 1.84. The summed E-state index contributed by atoms with van der Waals surface area (Å²) in [7, 11) is 0. The number of halogens is 1. The van der Waals surface area contributed by atoms with Crippen LogP contribution in [0.4, 0.5) is 5.82 Å². The van der Waals surface area contributed by atoms with Gasteiger partial charge < -0.3 is 9.64 Å². The second-order valence-corrected chi connectivity index (χ2v) is 10.3. The van der Waals surface area contributed by atoms with E-state index in [9.17, 15) is 14.9 Å². The molecule has 10 heteroatoms. The van der Waals surface area contributed by atoms with Crippen LogP contribution >= 0.6 is 35.6 Å². The topological polar surface area (TPSA) is 78.6 Å². The van der Waals surface area contributed by atoms with Gasteiger partial charge in [-0.05, 0) is 36.6 Å². The van der Waals surface area contributed by atoms with E-state index in [1.165, 1.54) is 16.7 Å². The SMILES string of the molecule is CCCn1c(N2CCOCC2)c(C=C2SC(=S)N(Cc3ccccc3Cl)C2=O)c(C)c(C#N)c1=O. The lowest BCUT2D eigenvalue weighted by Gasteiger charge is -2.33. The Morgan fingerprint density at radius 2 is 1.97 bits per heavy atom. The van der Waals surface area contributed by atoms with Gasteiger partial charge in [-0.2, -0.15) is 5.26 Å². The van der Waals surface area contributed by atoms with Gasteiger partial charge in [0.05, 0.1) is 24.7 Å². The fourth-order valence-electron chi connectivity index (χ4n) is 4.26. The van der Waals surface area contributed by atoms with Crippen molar-refractivity contribution >= 4 is 57.7 Å². The summed E-state index contributed by atoms with van der Waals surface area (Å²) in [6, 6.07) is 9.43. The smallest absolute Gasteiger partial charge is 0.270 e. The van der Waals surface area contributed by atoms with Crippen molar-refractivity contribution in [1.82, 2.24) is 9.47 Å². The van der Waals surface area contributed by atoms with Crippen LogP contribution in [-0.4, -0.2) is 46.0 Å². The average molecular weight is 529 g/mol. The molecule has 0 radical (unpaired) electrons. The lowest BCUT2D eigenvalue weighted by molar-refractivity contribution is -0.122. The maximum atomic E-state index is 13.4. The number of carbonyl (C=O) groups is 1. The lowest BCUT2D eigenvalue weighted by Crippen LogP contribution is -2.41. The summed E-state index contributed by atoms with van der Waals surface area (Å²) in [6.45, 7) is 6.80. The summed E-state index contributed by atoms with van der Waals surface area (Å²) in [5, 5.41) is 10.3. The molecule has 0 spiro atoms. The maximum Gasteiger partial charge on any atom is 0.270 e. The first-order valence-corrected chi connectivity index (χ1v) is 13.0. The van der Waals surface area contributed by atoms with Gasteiger partial charge in [-0.15, -0.1) is 0 Å². The number of morpholine rings is 1. The average Bonchev–Trinajstić information content (AvgIpc) is 3.12. The molecule has 0 aliphatic carbocycles. The van der Waals surface area contributed by atoms with Crippen LogP contribution < -0.4 is 10.5 Å². The third-order valence-electron chi connectivity index (χ3n) is 6.04. The van der Waals surface area contributed by atoms with Crippen molar-refractivity contribution in [3.05, 3.63) is 66.8 Å². The predicted octanol–water partition coefficient (Wildman–Crippen LogP) is 4.33. The molecule has 1 aromatic heterocycles. The Kier molecular flexibility index (Phi) is 7.97. The third kappa shape index (κ3) is 5.02. The van der Waals surface area contributed by atoms with Crippen LogP contribution in [0, 0.1) is 18.3 Å². The molecule has 0 atom stereocenters. The number of hydrogen-bond donors (Lipinski definition) is 0. The molecule has 182 valence electrons. The number of thioether (sulfide) groups is 1. The van der Waals surface area contributed by atoms with Crippen molar-refractivity contribution < 1.29 is 9.53 Å². The van der Waals surface area contributed by atoms with Gasteiger partial charge in [0.1, 0.15) is 21.8 Å². The van der Waals surface area contributed by atoms with Gasteiger partial charge in [0, 0.05) is 30.2 Å². The second kappa shape index (κ2) is 11.0. The zero-order chi connectivity index (χ0) is 25.1. The molecule has 0 unspecified atom stereocenters. The van der Waals surface area contributed by atoms with E-state index in [1.807, 2.05) is 25.1 Å². The van der Waals surface area contributed by atoms with E-state index in [0.717, 1.165) is 12.0 Å². The van der Waals surface area contributed by atoms with E-state index in [1.54, 1.807) is 23.6 Å². The van der Waals surface area contributed by atoms with E-state index in [0.29, 0.717) is 64.0 Å². The van der Waals surface area contributed by atoms with Crippen LogP contribution in [0.25, 0.3) is 6.08 Å². The first kappa shape index (κ1) is 25.5. The number of carbonyl (C=O) groups excluding carboxylic acids is 1. The van der Waals surface area contributed by atoms with Crippen molar-refractivity contribution in [2.45, 2.75) is 33.4 Å². The molecule has 2 saturated heterocycles. The monoisotopic (exact) mass is 528 g/mol. The second-order valence-electron chi connectivity index (χ2n) is 8.26. The Labute approximate surface area is 218 Å². The number of benzene rings is 1. The number of rotatable bonds is 6. The van der Waals surface area contributed by atoms with E-state index in [4.69, 9.17) is 28.6 Å². The molecule has 0 N–H and O–H groups in total. The number of pyridine rings is 1. The first-order valence-electron chi connectivity index (χ1n) is 11.4. The highest BCUT2D eigenvalue weighted by Crippen LogP contribution is 2.37. The standard InChI is InChI=1S/C25H25ClN4O3S2/c1-3-8-29-22(28-9-11-33-12-10-28)18(16(2)19(14-27)23(29)31)13-21-24(32)30(25(34)35-21)15-17-6-4-5-7-20(17)26/h4-7,13H,3,8-12,15H2,1-2H3. The molecule has 2 aliphatic heterocycles. The van der Waals surface area contributed by atoms with Crippen LogP contribution in [0.2, 0.25) is 5.02 Å². The minimum atomic E-state index is -0.309. The van der Waals surface area contributed by atoms with Gasteiger partial charge in [0.15, 0.2) is 0 Å². The fraction of sp³-hybridized carbons (Fsp3) is 0.360. The van der Waals surface area contributed by atoms with Crippen molar-refractivity contribution in [2.24, 2.45) is 0 Å². The van der Waals surface area contributed by atoms with E-state index in [-0.39, 0.29) is 23.6 Å². The van der Waals surface area contributed by atoms with Gasteiger partial charge in [0.25, 0.3) is 11.5 Å². The summed E-state index contributed by atoms with van der Waals surface area (Å²) < 4.78 is 7.62. The molecule has 0 saturated carbocycles. The molecule has 4 rings (SSSR count). The summed E-state index contributed by atoms with van der Waals surface area (Å²) in [6.07, 6.45) is 2.50. The molecule has 2 aromatic rings. The van der Waals surface area contributed by atoms with Crippen LogP contribution in [0.3, 0.4) is 0 Å². The number of thiocarbonyl (C=S) groups is 1. The Hall–Kier alpha value is -2.64. The molecular weight excluding hydrogens is 504 g/mol. The molecule has 7 nitrogen and oxygen atoms in total. The summed E-state index contributed by atoms with van der Waals surface area (Å²) >= 11 is 13.1. The molecule has 2 aliphatic rings. The molecule has 3 heterocycles. The maximum absolute atomic E-state index is 13.4. The third-order valence-corrected chi connectivity index (χ3v) is 7.79. The summed E-state index contributed by atoms with van der Waals surface area (Å²) in [5.74, 6) is 0.493.